The molecule has 166 valence electrons. The van der Waals surface area contributed by atoms with E-state index in [-0.39, 0.29) is 18.5 Å². The molecule has 0 bridgehead atoms. The number of thioether (sulfide) groups is 1. The molecule has 1 aliphatic heterocycles. The summed E-state index contributed by atoms with van der Waals surface area (Å²) in [6.45, 7) is 5.54. The van der Waals surface area contributed by atoms with Gasteiger partial charge in [0.1, 0.15) is 18.1 Å². The largest absolute Gasteiger partial charge is 0.461 e. The highest BCUT2D eigenvalue weighted by molar-refractivity contribution is 8.02. The standard InChI is InChI=1S/C24H30N2O4S/c1-20(27)29-19-23-9-8-22(30-23)18-25-12-5-13-26(15-14-25)24(28)11-17-31-16-10-21-6-3-2-4-7-21/h2-4,6-10,16H,5,11-15,17-19H2,1H3. The van der Waals surface area contributed by atoms with Crippen LogP contribution in [0.3, 0.4) is 0 Å². The Morgan fingerprint density at radius 1 is 1.06 bits per heavy atom. The summed E-state index contributed by atoms with van der Waals surface area (Å²) >= 11 is 1.67. The first-order chi connectivity index (χ1) is 15.1. The van der Waals surface area contributed by atoms with E-state index in [1.165, 1.54) is 12.5 Å². The SMILES string of the molecule is CC(=O)OCc1ccc(CN2CCCN(C(=O)CCSC=Cc3ccccc3)CC2)o1. The van der Waals surface area contributed by atoms with Crippen LogP contribution in [0.4, 0.5) is 0 Å². The van der Waals surface area contributed by atoms with Crippen LogP contribution in [0.1, 0.15) is 36.8 Å². The van der Waals surface area contributed by atoms with E-state index in [4.69, 9.17) is 9.15 Å². The Bertz CT molecular complexity index is 865. The van der Waals surface area contributed by atoms with Crippen LogP contribution in [-0.2, 0) is 27.5 Å². The van der Waals surface area contributed by atoms with Gasteiger partial charge in [0.25, 0.3) is 0 Å². The summed E-state index contributed by atoms with van der Waals surface area (Å²) in [5, 5.41) is 2.06. The monoisotopic (exact) mass is 442 g/mol. The van der Waals surface area contributed by atoms with E-state index in [2.05, 4.69) is 28.5 Å². The van der Waals surface area contributed by atoms with Gasteiger partial charge >= 0.3 is 5.97 Å². The van der Waals surface area contributed by atoms with E-state index in [1.54, 1.807) is 11.8 Å². The van der Waals surface area contributed by atoms with Gasteiger partial charge in [0.05, 0.1) is 6.54 Å². The molecule has 2 aromatic rings. The number of hydrogen-bond donors (Lipinski definition) is 0. The molecule has 0 spiro atoms. The minimum absolute atomic E-state index is 0.163. The summed E-state index contributed by atoms with van der Waals surface area (Å²) < 4.78 is 10.7. The summed E-state index contributed by atoms with van der Waals surface area (Å²) in [6, 6.07) is 13.9. The van der Waals surface area contributed by atoms with Crippen molar-refractivity contribution >= 4 is 29.7 Å². The van der Waals surface area contributed by atoms with Crippen molar-refractivity contribution in [1.29, 1.82) is 0 Å². The molecule has 1 amide bonds. The number of furan rings is 1. The molecule has 2 heterocycles. The average Bonchev–Trinajstić information content (AvgIpc) is 3.08. The highest BCUT2D eigenvalue weighted by Crippen LogP contribution is 2.15. The summed E-state index contributed by atoms with van der Waals surface area (Å²) in [7, 11) is 0. The van der Waals surface area contributed by atoms with Crippen LogP contribution in [0.15, 0.2) is 52.3 Å². The van der Waals surface area contributed by atoms with Crippen LogP contribution in [0.5, 0.6) is 0 Å². The molecule has 0 N–H and O–H groups in total. The molecular formula is C24H30N2O4S. The van der Waals surface area contributed by atoms with Gasteiger partial charge in [-0.3, -0.25) is 14.5 Å². The first-order valence-electron chi connectivity index (χ1n) is 10.6. The van der Waals surface area contributed by atoms with E-state index < -0.39 is 0 Å². The van der Waals surface area contributed by atoms with Crippen molar-refractivity contribution in [2.24, 2.45) is 0 Å². The Labute approximate surface area is 188 Å². The molecule has 1 aromatic heterocycles. The van der Waals surface area contributed by atoms with E-state index in [1.807, 2.05) is 35.2 Å². The van der Waals surface area contributed by atoms with Crippen LogP contribution >= 0.6 is 11.8 Å². The normalized spacial score (nSPS) is 15.2. The fourth-order valence-electron chi connectivity index (χ4n) is 3.42. The van der Waals surface area contributed by atoms with Gasteiger partial charge in [-0.2, -0.15) is 0 Å². The van der Waals surface area contributed by atoms with E-state index in [0.717, 1.165) is 44.1 Å². The molecule has 1 fully saturated rings. The molecule has 0 unspecified atom stereocenters. The lowest BCUT2D eigenvalue weighted by atomic mass is 10.2. The third-order valence-electron chi connectivity index (χ3n) is 5.05. The summed E-state index contributed by atoms with van der Waals surface area (Å²) in [6.07, 6.45) is 3.58. The molecule has 7 heteroatoms. The smallest absolute Gasteiger partial charge is 0.303 e. The molecule has 0 radical (unpaired) electrons. The number of esters is 1. The van der Waals surface area contributed by atoms with Gasteiger partial charge in [-0.1, -0.05) is 30.3 Å². The van der Waals surface area contributed by atoms with Crippen LogP contribution < -0.4 is 0 Å². The van der Waals surface area contributed by atoms with Crippen LogP contribution in [0, 0.1) is 0 Å². The Balaban J connectivity index is 1.36. The fourth-order valence-corrected chi connectivity index (χ4v) is 4.10. The topological polar surface area (TPSA) is 63.0 Å². The lowest BCUT2D eigenvalue weighted by molar-refractivity contribution is -0.142. The molecule has 0 atom stereocenters. The van der Waals surface area contributed by atoms with E-state index >= 15 is 0 Å². The Hall–Kier alpha value is -2.51. The highest BCUT2D eigenvalue weighted by Gasteiger charge is 2.19. The maximum Gasteiger partial charge on any atom is 0.303 e. The van der Waals surface area contributed by atoms with Crippen molar-refractivity contribution in [3.8, 4) is 0 Å². The third kappa shape index (κ3) is 8.26. The lowest BCUT2D eigenvalue weighted by Gasteiger charge is -2.21. The number of ether oxygens (including phenoxy) is 1. The number of benzene rings is 1. The molecule has 6 nitrogen and oxygen atoms in total. The van der Waals surface area contributed by atoms with E-state index in [0.29, 0.717) is 18.7 Å². The van der Waals surface area contributed by atoms with Crippen molar-refractivity contribution in [1.82, 2.24) is 9.80 Å². The number of rotatable bonds is 9. The number of carbonyl (C=O) groups is 2. The second-order valence-electron chi connectivity index (χ2n) is 7.49. The van der Waals surface area contributed by atoms with Gasteiger partial charge in [0.2, 0.25) is 5.91 Å². The molecule has 0 saturated carbocycles. The van der Waals surface area contributed by atoms with Gasteiger partial charge < -0.3 is 14.1 Å². The van der Waals surface area contributed by atoms with Gasteiger partial charge in [-0.15, -0.1) is 11.8 Å². The predicted molar refractivity (Wildman–Crippen MR) is 123 cm³/mol. The summed E-state index contributed by atoms with van der Waals surface area (Å²) in [5.41, 5.74) is 1.17. The minimum Gasteiger partial charge on any atom is -0.461 e. The minimum atomic E-state index is -0.319. The number of nitrogens with zero attached hydrogens (tertiary/aromatic N) is 2. The predicted octanol–water partition coefficient (Wildman–Crippen LogP) is 4.17. The van der Waals surface area contributed by atoms with Gasteiger partial charge in [0.15, 0.2) is 0 Å². The third-order valence-corrected chi connectivity index (χ3v) is 5.81. The Morgan fingerprint density at radius 3 is 2.68 bits per heavy atom. The molecule has 3 rings (SSSR count). The van der Waals surface area contributed by atoms with Gasteiger partial charge in [-0.05, 0) is 35.6 Å². The van der Waals surface area contributed by atoms with E-state index in [9.17, 15) is 9.59 Å². The average molecular weight is 443 g/mol. The van der Waals surface area contributed by atoms with Crippen LogP contribution in [0.2, 0.25) is 0 Å². The highest BCUT2D eigenvalue weighted by atomic mass is 32.2. The first kappa shape index (κ1) is 23.2. The number of carbonyl (C=O) groups excluding carboxylic acids is 2. The van der Waals surface area contributed by atoms with Crippen molar-refractivity contribution in [2.75, 3.05) is 31.9 Å². The lowest BCUT2D eigenvalue weighted by Crippen LogP contribution is -2.35. The molecule has 1 saturated heterocycles. The molecule has 1 aromatic carbocycles. The van der Waals surface area contributed by atoms with Gasteiger partial charge in [-0.25, -0.2) is 0 Å². The van der Waals surface area contributed by atoms with Crippen molar-refractivity contribution in [3.05, 3.63) is 65.0 Å². The Morgan fingerprint density at radius 2 is 1.87 bits per heavy atom. The zero-order valence-electron chi connectivity index (χ0n) is 18.0. The van der Waals surface area contributed by atoms with Crippen LogP contribution in [-0.4, -0.2) is 53.6 Å². The van der Waals surface area contributed by atoms with Crippen molar-refractivity contribution in [2.45, 2.75) is 32.9 Å². The summed E-state index contributed by atoms with van der Waals surface area (Å²) in [5.74, 6) is 2.20. The summed E-state index contributed by atoms with van der Waals surface area (Å²) in [4.78, 5) is 27.8. The maximum absolute atomic E-state index is 12.6. The van der Waals surface area contributed by atoms with Crippen LogP contribution in [0.25, 0.3) is 6.08 Å². The van der Waals surface area contributed by atoms with Crippen molar-refractivity contribution < 1.29 is 18.7 Å². The maximum atomic E-state index is 12.6. The fraction of sp³-hybridized carbons (Fsp3) is 0.417. The Kier molecular flexibility index (Phi) is 9.24. The van der Waals surface area contributed by atoms with Crippen molar-refractivity contribution in [3.63, 3.8) is 0 Å². The second kappa shape index (κ2) is 12.4. The quantitative estimate of drug-likeness (QED) is 0.429. The first-order valence-corrected chi connectivity index (χ1v) is 11.7. The van der Waals surface area contributed by atoms with Gasteiger partial charge in [0, 0.05) is 45.3 Å². The molecular weight excluding hydrogens is 412 g/mol. The zero-order chi connectivity index (χ0) is 21.9. The number of hydrogen-bond acceptors (Lipinski definition) is 6. The molecule has 31 heavy (non-hydrogen) atoms. The number of amides is 1. The molecule has 0 aliphatic carbocycles. The zero-order valence-corrected chi connectivity index (χ0v) is 18.8. The second-order valence-corrected chi connectivity index (χ2v) is 8.51. The molecule has 1 aliphatic rings.